The lowest BCUT2D eigenvalue weighted by atomic mass is 9.93. The number of fused-ring (bicyclic) bond motifs is 1. The number of ether oxygens (including phenoxy) is 1. The fourth-order valence-corrected chi connectivity index (χ4v) is 4.59. The minimum absolute atomic E-state index is 0.00273. The molecule has 1 saturated heterocycles. The highest BCUT2D eigenvalue weighted by molar-refractivity contribution is 8.13. The Kier molecular flexibility index (Phi) is 6.78. The number of carbonyl (C=O) groups is 2. The van der Waals surface area contributed by atoms with Crippen molar-refractivity contribution in [1.82, 2.24) is 4.90 Å². The third kappa shape index (κ3) is 4.24. The number of amidine groups is 1. The number of nitrogens with one attached hydrogen (secondary N) is 1. The van der Waals surface area contributed by atoms with Gasteiger partial charge in [-0.25, -0.2) is 9.79 Å². The summed E-state index contributed by atoms with van der Waals surface area (Å²) >= 11 is 1.73. The lowest BCUT2D eigenvalue weighted by molar-refractivity contribution is -0.137. The first kappa shape index (κ1) is 20.5. The molecule has 28 heavy (non-hydrogen) atoms. The monoisotopic (exact) mass is 401 g/mol. The Morgan fingerprint density at radius 2 is 2.18 bits per heavy atom. The molecule has 2 aliphatic heterocycles. The molecule has 1 unspecified atom stereocenters. The summed E-state index contributed by atoms with van der Waals surface area (Å²) in [6.07, 6.45) is 2.98. The average Bonchev–Trinajstić information content (AvgIpc) is 2.72. The van der Waals surface area contributed by atoms with Crippen molar-refractivity contribution in [3.8, 4) is 0 Å². The highest BCUT2D eigenvalue weighted by atomic mass is 32.2. The highest BCUT2D eigenvalue weighted by Crippen LogP contribution is 2.41. The number of rotatable bonds is 6. The van der Waals surface area contributed by atoms with Gasteiger partial charge in [-0.05, 0) is 37.0 Å². The number of carbonyl (C=O) groups excluding carboxylic acids is 2. The van der Waals surface area contributed by atoms with E-state index in [0.717, 1.165) is 47.3 Å². The number of esters is 1. The van der Waals surface area contributed by atoms with Gasteiger partial charge in [-0.2, -0.15) is 0 Å². The molecule has 0 aromatic heterocycles. The van der Waals surface area contributed by atoms with Crippen molar-refractivity contribution in [2.24, 2.45) is 4.99 Å². The second-order valence-electron chi connectivity index (χ2n) is 6.82. The zero-order valence-corrected chi connectivity index (χ0v) is 17.5. The van der Waals surface area contributed by atoms with E-state index in [1.807, 2.05) is 38.1 Å². The van der Waals surface area contributed by atoms with Crippen molar-refractivity contribution in [2.75, 3.05) is 24.7 Å². The summed E-state index contributed by atoms with van der Waals surface area (Å²) < 4.78 is 5.11. The number of methoxy groups -OCH3 is 1. The average molecular weight is 402 g/mol. The van der Waals surface area contributed by atoms with E-state index in [9.17, 15) is 9.59 Å². The van der Waals surface area contributed by atoms with Crippen molar-refractivity contribution in [3.63, 3.8) is 0 Å². The Labute approximate surface area is 170 Å². The van der Waals surface area contributed by atoms with Crippen molar-refractivity contribution in [3.05, 3.63) is 41.1 Å². The summed E-state index contributed by atoms with van der Waals surface area (Å²) in [7, 11) is 1.41. The summed E-state index contributed by atoms with van der Waals surface area (Å²) in [5.41, 5.74) is 3.06. The van der Waals surface area contributed by atoms with Crippen LogP contribution in [0, 0.1) is 0 Å². The number of benzene rings is 1. The van der Waals surface area contributed by atoms with Crippen LogP contribution in [-0.2, 0) is 14.3 Å². The van der Waals surface area contributed by atoms with Gasteiger partial charge in [0.25, 0.3) is 0 Å². The summed E-state index contributed by atoms with van der Waals surface area (Å²) in [6, 6.07) is 7.49. The van der Waals surface area contributed by atoms with E-state index < -0.39 is 0 Å². The summed E-state index contributed by atoms with van der Waals surface area (Å²) in [4.78, 5) is 31.7. The predicted molar refractivity (Wildman–Crippen MR) is 113 cm³/mol. The Bertz CT molecular complexity index is 819. The summed E-state index contributed by atoms with van der Waals surface area (Å²) in [5.74, 6) is 0.678. The van der Waals surface area contributed by atoms with Crippen molar-refractivity contribution in [2.45, 2.75) is 45.6 Å². The second-order valence-corrected chi connectivity index (χ2v) is 7.88. The molecule has 150 valence electrons. The van der Waals surface area contributed by atoms with E-state index in [1.165, 1.54) is 7.11 Å². The number of thioether (sulfide) groups is 1. The van der Waals surface area contributed by atoms with Gasteiger partial charge in [-0.1, -0.05) is 37.7 Å². The summed E-state index contributed by atoms with van der Waals surface area (Å²) in [6.45, 7) is 4.82. The molecule has 1 atom stereocenters. The second kappa shape index (κ2) is 9.28. The normalized spacial score (nSPS) is 19.0. The first-order valence-electron chi connectivity index (χ1n) is 9.78. The van der Waals surface area contributed by atoms with Gasteiger partial charge in [0.15, 0.2) is 5.17 Å². The van der Waals surface area contributed by atoms with Crippen LogP contribution in [-0.4, -0.2) is 41.4 Å². The minimum atomic E-state index is -0.347. The largest absolute Gasteiger partial charge is 0.466 e. The third-order valence-electron chi connectivity index (χ3n) is 4.85. The molecule has 1 amide bonds. The topological polar surface area (TPSA) is 71.0 Å². The van der Waals surface area contributed by atoms with Crippen LogP contribution in [0.15, 0.2) is 40.5 Å². The molecule has 2 heterocycles. The number of aliphatic imine (C=N–C) groups is 1. The zero-order chi connectivity index (χ0) is 20.1. The number of nitrogens with zero attached hydrogens (tertiary/aromatic N) is 2. The number of anilines is 1. The van der Waals surface area contributed by atoms with Crippen LogP contribution in [0.2, 0.25) is 0 Å². The lowest BCUT2D eigenvalue weighted by Gasteiger charge is -2.40. The smallest absolute Gasteiger partial charge is 0.338 e. The highest BCUT2D eigenvalue weighted by Gasteiger charge is 2.38. The van der Waals surface area contributed by atoms with Gasteiger partial charge in [0.1, 0.15) is 0 Å². The Morgan fingerprint density at radius 3 is 2.89 bits per heavy atom. The SMILES string of the molecule is CCCC(=O)Nc1cccc(C2C(C(=O)OC)=C(CC)N=C3SCCCN32)c1. The molecular formula is C21H27N3O3S. The van der Waals surface area contributed by atoms with Crippen molar-refractivity contribution < 1.29 is 14.3 Å². The molecular weight excluding hydrogens is 374 g/mol. The molecule has 1 aromatic rings. The van der Waals surface area contributed by atoms with Crippen LogP contribution < -0.4 is 5.32 Å². The maximum atomic E-state index is 12.7. The number of hydrogen-bond donors (Lipinski definition) is 1. The fraction of sp³-hybridized carbons (Fsp3) is 0.476. The van der Waals surface area contributed by atoms with Gasteiger partial charge in [-0.3, -0.25) is 4.79 Å². The predicted octanol–water partition coefficient (Wildman–Crippen LogP) is 4.11. The maximum absolute atomic E-state index is 12.7. The van der Waals surface area contributed by atoms with Gasteiger partial charge in [0.05, 0.1) is 24.4 Å². The fourth-order valence-electron chi connectivity index (χ4n) is 3.59. The van der Waals surface area contributed by atoms with Gasteiger partial charge >= 0.3 is 5.97 Å². The van der Waals surface area contributed by atoms with Crippen molar-refractivity contribution >= 4 is 34.5 Å². The van der Waals surface area contributed by atoms with E-state index in [0.29, 0.717) is 18.4 Å². The number of amides is 1. The zero-order valence-electron chi connectivity index (χ0n) is 16.7. The van der Waals surface area contributed by atoms with Crippen LogP contribution in [0.5, 0.6) is 0 Å². The molecule has 0 radical (unpaired) electrons. The van der Waals surface area contributed by atoms with E-state index in [2.05, 4.69) is 10.2 Å². The molecule has 6 nitrogen and oxygen atoms in total. The molecule has 0 saturated carbocycles. The maximum Gasteiger partial charge on any atom is 0.338 e. The summed E-state index contributed by atoms with van der Waals surface area (Å²) in [5, 5.41) is 3.91. The molecule has 1 fully saturated rings. The Hall–Kier alpha value is -2.28. The first-order valence-corrected chi connectivity index (χ1v) is 10.8. The molecule has 1 N–H and O–H groups in total. The quantitative estimate of drug-likeness (QED) is 0.726. The van der Waals surface area contributed by atoms with E-state index in [-0.39, 0.29) is 17.9 Å². The van der Waals surface area contributed by atoms with Gasteiger partial charge in [0.2, 0.25) is 5.91 Å². The molecule has 3 rings (SSSR count). The Morgan fingerprint density at radius 1 is 1.36 bits per heavy atom. The van der Waals surface area contributed by atoms with E-state index in [1.54, 1.807) is 11.8 Å². The lowest BCUT2D eigenvalue weighted by Crippen LogP contribution is -2.42. The molecule has 2 aliphatic rings. The number of hydrogen-bond acceptors (Lipinski definition) is 6. The van der Waals surface area contributed by atoms with Crippen LogP contribution in [0.4, 0.5) is 5.69 Å². The number of allylic oxidation sites excluding steroid dienone is 1. The van der Waals surface area contributed by atoms with Crippen molar-refractivity contribution in [1.29, 1.82) is 0 Å². The Balaban J connectivity index is 2.03. The van der Waals surface area contributed by atoms with Gasteiger partial charge in [0, 0.05) is 24.4 Å². The molecule has 0 bridgehead atoms. The van der Waals surface area contributed by atoms with Crippen LogP contribution in [0.1, 0.15) is 51.1 Å². The van der Waals surface area contributed by atoms with Crippen LogP contribution >= 0.6 is 11.8 Å². The van der Waals surface area contributed by atoms with Crippen LogP contribution in [0.25, 0.3) is 0 Å². The molecule has 7 heteroatoms. The molecule has 0 aliphatic carbocycles. The minimum Gasteiger partial charge on any atom is -0.466 e. The standard InChI is InChI=1S/C21H27N3O3S/c1-4-8-17(25)22-15-10-6-9-14(13-15)19-18(20(26)27-3)16(5-2)23-21-24(19)11-7-12-28-21/h6,9-10,13,19H,4-5,7-8,11-12H2,1-3H3,(H,22,25). The van der Waals surface area contributed by atoms with Gasteiger partial charge in [-0.15, -0.1) is 0 Å². The van der Waals surface area contributed by atoms with E-state index >= 15 is 0 Å². The molecule has 0 spiro atoms. The molecule has 1 aromatic carbocycles. The third-order valence-corrected chi connectivity index (χ3v) is 5.93. The van der Waals surface area contributed by atoms with Crippen LogP contribution in [0.3, 0.4) is 0 Å². The van der Waals surface area contributed by atoms with Gasteiger partial charge < -0.3 is 15.0 Å². The van der Waals surface area contributed by atoms with E-state index in [4.69, 9.17) is 9.73 Å². The first-order chi connectivity index (χ1) is 13.6.